The molecule has 4 rings (SSSR count). The third-order valence-corrected chi connectivity index (χ3v) is 6.40. The highest BCUT2D eigenvalue weighted by molar-refractivity contribution is 5.78. The molecule has 2 heterocycles. The molecule has 0 saturated carbocycles. The summed E-state index contributed by atoms with van der Waals surface area (Å²) in [5.41, 5.74) is 4.48. The summed E-state index contributed by atoms with van der Waals surface area (Å²) >= 11 is 0. The van der Waals surface area contributed by atoms with Crippen molar-refractivity contribution in [2.75, 3.05) is 13.2 Å². The first-order valence-electron chi connectivity index (χ1n) is 12.1. The van der Waals surface area contributed by atoms with Crippen molar-refractivity contribution in [3.05, 3.63) is 65.0 Å². The van der Waals surface area contributed by atoms with Crippen LogP contribution in [0.15, 0.2) is 52.1 Å². The van der Waals surface area contributed by atoms with E-state index in [1.165, 1.54) is 23.1 Å². The summed E-state index contributed by atoms with van der Waals surface area (Å²) in [6.45, 7) is 0.187. The Morgan fingerprint density at radius 3 is 2.45 bits per heavy atom. The Bertz CT molecular complexity index is 1330. The predicted molar refractivity (Wildman–Crippen MR) is 128 cm³/mol. The highest BCUT2D eigenvalue weighted by Crippen LogP contribution is 2.39. The highest BCUT2D eigenvalue weighted by atomic mass is 19.4. The first kappa shape index (κ1) is 29.0. The molecule has 4 N–H and O–H groups in total. The molecule has 2 aromatic carbocycles. The largest absolute Gasteiger partial charge is 0.493 e. The molecule has 15 heteroatoms. The Morgan fingerprint density at radius 1 is 1.07 bits per heavy atom. The van der Waals surface area contributed by atoms with Gasteiger partial charge >= 0.3 is 12.4 Å². The second kappa shape index (κ2) is 11.6. The number of nitrogens with two attached hydrogens (primary N) is 1. The number of oxime groups is 1. The fourth-order valence-electron chi connectivity index (χ4n) is 4.35. The van der Waals surface area contributed by atoms with E-state index in [0.717, 1.165) is 24.3 Å². The Morgan fingerprint density at radius 2 is 1.80 bits per heavy atom. The number of guanidine groups is 1. The number of alkyl halides is 6. The van der Waals surface area contributed by atoms with E-state index in [0.29, 0.717) is 24.8 Å². The molecule has 0 radical (unpaired) electrons. The molecule has 1 aliphatic rings. The molecule has 3 aromatic rings. The monoisotopic (exact) mass is 573 g/mol. The van der Waals surface area contributed by atoms with Crippen molar-refractivity contribution in [1.82, 2.24) is 15.0 Å². The van der Waals surface area contributed by atoms with Crippen LogP contribution in [0.2, 0.25) is 0 Å². The number of aliphatic hydroxyl groups excluding tert-OH is 1. The van der Waals surface area contributed by atoms with E-state index >= 15 is 0 Å². The summed E-state index contributed by atoms with van der Waals surface area (Å²) in [5.74, 6) is -0.976. The van der Waals surface area contributed by atoms with E-state index in [2.05, 4.69) is 15.3 Å². The lowest BCUT2D eigenvalue weighted by Crippen LogP contribution is -2.38. The van der Waals surface area contributed by atoms with Crippen LogP contribution in [0, 0.1) is 0 Å². The van der Waals surface area contributed by atoms with Gasteiger partial charge in [0, 0.05) is 12.1 Å². The van der Waals surface area contributed by atoms with Crippen molar-refractivity contribution in [1.29, 1.82) is 0 Å². The molecule has 1 aliphatic heterocycles. The van der Waals surface area contributed by atoms with Gasteiger partial charge in [-0.15, -0.1) is 0 Å². The minimum Gasteiger partial charge on any atom is -0.493 e. The number of unbranched alkanes of at least 4 members (excludes halogenated alkanes) is 1. The van der Waals surface area contributed by atoms with Crippen LogP contribution in [-0.2, 0) is 18.8 Å². The zero-order valence-corrected chi connectivity index (χ0v) is 20.8. The van der Waals surface area contributed by atoms with Crippen LogP contribution >= 0.6 is 0 Å². The van der Waals surface area contributed by atoms with Gasteiger partial charge in [-0.05, 0) is 61.6 Å². The minimum atomic E-state index is -4.76. The summed E-state index contributed by atoms with van der Waals surface area (Å²) in [4.78, 5) is 5.46. The lowest BCUT2D eigenvalue weighted by Gasteiger charge is -2.22. The smallest absolute Gasteiger partial charge is 0.419 e. The molecule has 0 amide bonds. The van der Waals surface area contributed by atoms with E-state index in [1.807, 2.05) is 0 Å². The quantitative estimate of drug-likeness (QED) is 0.0859. The van der Waals surface area contributed by atoms with Crippen LogP contribution in [0.5, 0.6) is 5.75 Å². The molecule has 216 valence electrons. The normalized spacial score (nSPS) is 18.4. The number of nitrogens with zero attached hydrogens (tertiary/aromatic N) is 4. The molecule has 0 aliphatic carbocycles. The molecule has 1 saturated heterocycles. The van der Waals surface area contributed by atoms with Gasteiger partial charge in [0.2, 0.25) is 11.8 Å². The van der Waals surface area contributed by atoms with E-state index < -0.39 is 41.4 Å². The van der Waals surface area contributed by atoms with Crippen LogP contribution in [0.3, 0.4) is 0 Å². The summed E-state index contributed by atoms with van der Waals surface area (Å²) in [7, 11) is 0. The molecule has 0 bridgehead atoms. The Hall–Kier alpha value is -4.01. The van der Waals surface area contributed by atoms with Gasteiger partial charge < -0.3 is 30.2 Å². The lowest BCUT2D eigenvalue weighted by atomic mass is 10.1. The fraction of sp³-hybridized carbons (Fsp3) is 0.400. The average Bonchev–Trinajstić information content (AvgIpc) is 3.54. The molecule has 0 spiro atoms. The van der Waals surface area contributed by atoms with E-state index in [9.17, 15) is 31.4 Å². The zero-order chi connectivity index (χ0) is 29.1. The molecular weight excluding hydrogens is 548 g/mol. The van der Waals surface area contributed by atoms with Gasteiger partial charge in [0.25, 0.3) is 5.89 Å². The molecule has 0 unspecified atom stereocenters. The van der Waals surface area contributed by atoms with Gasteiger partial charge in [-0.25, -0.2) is 0 Å². The lowest BCUT2D eigenvalue weighted by molar-refractivity contribution is -0.139. The van der Waals surface area contributed by atoms with Gasteiger partial charge in [0.15, 0.2) is 0 Å². The number of halogens is 6. The number of aryl methyl sites for hydroxylation is 1. The average molecular weight is 573 g/mol. The topological polar surface area (TPSA) is 130 Å². The zero-order valence-electron chi connectivity index (χ0n) is 20.8. The van der Waals surface area contributed by atoms with Crippen LogP contribution < -0.4 is 10.5 Å². The first-order chi connectivity index (χ1) is 18.9. The van der Waals surface area contributed by atoms with Gasteiger partial charge in [-0.2, -0.15) is 31.3 Å². The minimum absolute atomic E-state index is 0.0141. The number of aromatic nitrogens is 2. The third kappa shape index (κ3) is 6.58. The predicted octanol–water partition coefficient (Wildman–Crippen LogP) is 4.99. The van der Waals surface area contributed by atoms with Gasteiger partial charge in [-0.3, -0.25) is 0 Å². The van der Waals surface area contributed by atoms with Crippen molar-refractivity contribution in [3.8, 4) is 17.1 Å². The van der Waals surface area contributed by atoms with Crippen molar-refractivity contribution in [2.24, 2.45) is 10.9 Å². The molecule has 1 fully saturated rings. The second-order valence-corrected chi connectivity index (χ2v) is 9.12. The Kier molecular flexibility index (Phi) is 8.42. The number of rotatable bonds is 8. The number of benzene rings is 2. The van der Waals surface area contributed by atoms with Gasteiger partial charge in [-0.1, -0.05) is 22.4 Å². The van der Waals surface area contributed by atoms with Crippen LogP contribution in [0.25, 0.3) is 11.4 Å². The van der Waals surface area contributed by atoms with Crippen LogP contribution in [0.4, 0.5) is 26.3 Å². The maximum Gasteiger partial charge on any atom is 0.419 e. The summed E-state index contributed by atoms with van der Waals surface area (Å²) < 4.78 is 90.0. The van der Waals surface area contributed by atoms with E-state index in [-0.39, 0.29) is 42.8 Å². The summed E-state index contributed by atoms with van der Waals surface area (Å²) in [6.07, 6.45) is -8.62. The second-order valence-electron chi connectivity index (χ2n) is 9.12. The van der Waals surface area contributed by atoms with Crippen LogP contribution in [0.1, 0.15) is 47.9 Å². The van der Waals surface area contributed by atoms with Crippen molar-refractivity contribution >= 4 is 5.96 Å². The number of aliphatic hydroxyl groups is 1. The van der Waals surface area contributed by atoms with Crippen molar-refractivity contribution in [3.63, 3.8) is 0 Å². The Labute approximate surface area is 223 Å². The molecule has 2 atom stereocenters. The number of hydrogen-bond donors (Lipinski definition) is 3. The molecule has 1 aromatic heterocycles. The van der Waals surface area contributed by atoms with Crippen molar-refractivity contribution < 1.29 is 45.9 Å². The third-order valence-electron chi connectivity index (χ3n) is 6.40. The maximum atomic E-state index is 13.8. The van der Waals surface area contributed by atoms with E-state index in [4.69, 9.17) is 20.2 Å². The maximum absolute atomic E-state index is 13.8. The van der Waals surface area contributed by atoms with E-state index in [1.54, 1.807) is 0 Å². The van der Waals surface area contributed by atoms with Crippen LogP contribution in [-0.4, -0.2) is 50.6 Å². The van der Waals surface area contributed by atoms with Crippen molar-refractivity contribution in [2.45, 2.75) is 50.2 Å². The van der Waals surface area contributed by atoms with Gasteiger partial charge in [0.1, 0.15) is 11.8 Å². The summed E-state index contributed by atoms with van der Waals surface area (Å²) in [6, 6.07) is 7.05. The summed E-state index contributed by atoms with van der Waals surface area (Å²) in [5, 5.41) is 25.9. The SMILES string of the molecule is N/C(=N\O)N1CC[C@H](O)[C@H]1c1nc(-c2ccc(OCCCCc3ccc(C(F)(F)F)cc3)c(C(F)(F)F)c2)no1. The molecule has 40 heavy (non-hydrogen) atoms. The number of hydrogen-bond acceptors (Lipinski definition) is 7. The molecular formula is C25H25F6N5O4. The first-order valence-corrected chi connectivity index (χ1v) is 12.1. The highest BCUT2D eigenvalue weighted by Gasteiger charge is 2.40. The Balaban J connectivity index is 1.41. The molecule has 9 nitrogen and oxygen atoms in total. The fourth-order valence-corrected chi connectivity index (χ4v) is 4.35. The standard InChI is InChI=1S/C25H25F6N5O4/c26-24(27,28)16-7-4-14(5-8-16)3-1-2-12-39-19-9-6-15(13-17(19)25(29,30)31)21-33-22(40-35-21)20-18(37)10-11-36(20)23(32)34-38/h4-9,13,18,20,37-38H,1-3,10-12H2,(H2,32,34)/t18-,20-/m0/s1. The number of likely N-dealkylation sites (tertiary alicyclic amines) is 1. The van der Waals surface area contributed by atoms with Gasteiger partial charge in [0.05, 0.1) is 23.8 Å². The number of ether oxygens (including phenoxy) is 1.